The van der Waals surface area contributed by atoms with Gasteiger partial charge in [0.25, 0.3) is 0 Å². The molecule has 0 bridgehead atoms. The Morgan fingerprint density at radius 2 is 2.16 bits per heavy atom. The molecule has 1 unspecified atom stereocenters. The van der Waals surface area contributed by atoms with E-state index in [1.807, 2.05) is 19.1 Å². The first-order valence-electron chi connectivity index (χ1n) is 6.64. The Balaban J connectivity index is 2.07. The number of benzene rings is 1. The van der Waals surface area contributed by atoms with Crippen LogP contribution in [0.25, 0.3) is 0 Å². The molecule has 0 spiro atoms. The average Bonchev–Trinajstić information content (AvgIpc) is 2.76. The van der Waals surface area contributed by atoms with E-state index >= 15 is 0 Å². The van der Waals surface area contributed by atoms with Crippen LogP contribution in [0, 0.1) is 12.8 Å². The predicted octanol–water partition coefficient (Wildman–Crippen LogP) is 3.66. The molecule has 3 heteroatoms. The van der Waals surface area contributed by atoms with E-state index < -0.39 is 0 Å². The first-order chi connectivity index (χ1) is 9.08. The average molecular weight is 260 g/mol. The minimum Gasteiger partial charge on any atom is -0.493 e. The molecular formula is C16H20O3. The van der Waals surface area contributed by atoms with Gasteiger partial charge in [-0.05, 0) is 49.8 Å². The zero-order valence-corrected chi connectivity index (χ0v) is 11.7. The third-order valence-corrected chi connectivity index (χ3v) is 3.42. The summed E-state index contributed by atoms with van der Waals surface area (Å²) in [6.45, 7) is 4.17. The lowest BCUT2D eigenvalue weighted by molar-refractivity contribution is -0.129. The van der Waals surface area contributed by atoms with Crippen LogP contribution in [-0.2, 0) is 4.79 Å². The van der Waals surface area contributed by atoms with E-state index in [9.17, 15) is 4.79 Å². The van der Waals surface area contributed by atoms with Crippen molar-refractivity contribution in [2.45, 2.75) is 33.1 Å². The zero-order chi connectivity index (χ0) is 13.8. The van der Waals surface area contributed by atoms with Gasteiger partial charge in [0, 0.05) is 6.08 Å². The number of methoxy groups -OCH3 is 1. The maximum atomic E-state index is 11.9. The Morgan fingerprint density at radius 1 is 1.37 bits per heavy atom. The number of hydrogen-bond acceptors (Lipinski definition) is 3. The second kappa shape index (κ2) is 5.91. The molecular weight excluding hydrogens is 240 g/mol. The number of aryl methyl sites for hydroxylation is 1. The van der Waals surface area contributed by atoms with E-state index in [4.69, 9.17) is 9.47 Å². The SMILES string of the molecule is COc1cc(C)ccc1OC(=O)C=C1CCC(C)C1. The van der Waals surface area contributed by atoms with Gasteiger partial charge in [-0.15, -0.1) is 0 Å². The number of esters is 1. The zero-order valence-electron chi connectivity index (χ0n) is 11.7. The van der Waals surface area contributed by atoms with Gasteiger partial charge in [-0.25, -0.2) is 4.79 Å². The molecule has 0 N–H and O–H groups in total. The molecule has 0 heterocycles. The summed E-state index contributed by atoms with van der Waals surface area (Å²) in [6.07, 6.45) is 4.79. The summed E-state index contributed by atoms with van der Waals surface area (Å²) < 4.78 is 10.6. The molecule has 3 nitrogen and oxygen atoms in total. The topological polar surface area (TPSA) is 35.5 Å². The quantitative estimate of drug-likeness (QED) is 0.472. The summed E-state index contributed by atoms with van der Waals surface area (Å²) in [7, 11) is 1.57. The molecule has 1 aromatic rings. The highest BCUT2D eigenvalue weighted by Crippen LogP contribution is 2.31. The molecule has 2 rings (SSSR count). The van der Waals surface area contributed by atoms with Gasteiger partial charge in [0.15, 0.2) is 11.5 Å². The number of ether oxygens (including phenoxy) is 2. The molecule has 1 aliphatic rings. The maximum Gasteiger partial charge on any atom is 0.336 e. The lowest BCUT2D eigenvalue weighted by Gasteiger charge is -2.08. The molecule has 0 amide bonds. The number of carbonyl (C=O) groups excluding carboxylic acids is 1. The van der Waals surface area contributed by atoms with Gasteiger partial charge in [0.1, 0.15) is 0 Å². The molecule has 0 radical (unpaired) electrons. The Labute approximate surface area is 114 Å². The van der Waals surface area contributed by atoms with Crippen LogP contribution in [0.2, 0.25) is 0 Å². The summed E-state index contributed by atoms with van der Waals surface area (Å²) in [6, 6.07) is 5.52. The van der Waals surface area contributed by atoms with Crippen molar-refractivity contribution >= 4 is 5.97 Å². The van der Waals surface area contributed by atoms with Crippen molar-refractivity contribution in [3.63, 3.8) is 0 Å². The molecule has 1 aliphatic carbocycles. The van der Waals surface area contributed by atoms with Crippen LogP contribution in [0.15, 0.2) is 29.8 Å². The summed E-state index contributed by atoms with van der Waals surface area (Å²) in [5, 5.41) is 0. The van der Waals surface area contributed by atoms with Gasteiger partial charge in [-0.2, -0.15) is 0 Å². The van der Waals surface area contributed by atoms with Gasteiger partial charge in [-0.3, -0.25) is 0 Å². The van der Waals surface area contributed by atoms with Crippen LogP contribution in [0.4, 0.5) is 0 Å². The van der Waals surface area contributed by atoms with Crippen molar-refractivity contribution < 1.29 is 14.3 Å². The molecule has 1 saturated carbocycles. The Bertz CT molecular complexity index is 503. The fraction of sp³-hybridized carbons (Fsp3) is 0.438. The highest BCUT2D eigenvalue weighted by atomic mass is 16.6. The molecule has 0 saturated heterocycles. The summed E-state index contributed by atoms with van der Waals surface area (Å²) in [5.41, 5.74) is 2.25. The molecule has 0 aromatic heterocycles. The lowest BCUT2D eigenvalue weighted by Crippen LogP contribution is -2.06. The number of carbonyl (C=O) groups is 1. The van der Waals surface area contributed by atoms with Gasteiger partial charge in [0.2, 0.25) is 0 Å². The van der Waals surface area contributed by atoms with Crippen molar-refractivity contribution in [3.8, 4) is 11.5 Å². The standard InChI is InChI=1S/C16H20O3/c1-11-4-6-13(8-11)10-16(17)19-14-7-5-12(2)9-15(14)18-3/h5,7,9-11H,4,6,8H2,1-3H3. The number of hydrogen-bond donors (Lipinski definition) is 0. The molecule has 1 atom stereocenters. The maximum absolute atomic E-state index is 11.9. The predicted molar refractivity (Wildman–Crippen MR) is 74.5 cm³/mol. The van der Waals surface area contributed by atoms with E-state index in [0.717, 1.165) is 24.8 Å². The molecule has 102 valence electrons. The fourth-order valence-electron chi connectivity index (χ4n) is 2.38. The minimum atomic E-state index is -0.314. The second-order valence-corrected chi connectivity index (χ2v) is 5.23. The third-order valence-electron chi connectivity index (χ3n) is 3.42. The van der Waals surface area contributed by atoms with E-state index in [2.05, 4.69) is 6.92 Å². The minimum absolute atomic E-state index is 0.314. The Hall–Kier alpha value is -1.77. The lowest BCUT2D eigenvalue weighted by atomic mass is 10.1. The second-order valence-electron chi connectivity index (χ2n) is 5.23. The van der Waals surface area contributed by atoms with Crippen LogP contribution in [0.5, 0.6) is 11.5 Å². The van der Waals surface area contributed by atoms with Crippen LogP contribution in [0.1, 0.15) is 31.7 Å². The van der Waals surface area contributed by atoms with Crippen molar-refractivity contribution in [3.05, 3.63) is 35.4 Å². The van der Waals surface area contributed by atoms with Crippen LogP contribution < -0.4 is 9.47 Å². The normalized spacial score (nSPS) is 20.6. The fourth-order valence-corrected chi connectivity index (χ4v) is 2.38. The summed E-state index contributed by atoms with van der Waals surface area (Å²) >= 11 is 0. The van der Waals surface area contributed by atoms with Crippen LogP contribution in [0.3, 0.4) is 0 Å². The van der Waals surface area contributed by atoms with Gasteiger partial charge in [-0.1, -0.05) is 18.6 Å². The van der Waals surface area contributed by atoms with Crippen molar-refractivity contribution in [1.82, 2.24) is 0 Å². The highest BCUT2D eigenvalue weighted by Gasteiger charge is 2.17. The first kappa shape index (κ1) is 13.7. The van der Waals surface area contributed by atoms with E-state index in [-0.39, 0.29) is 5.97 Å². The highest BCUT2D eigenvalue weighted by molar-refractivity contribution is 5.85. The Kier molecular flexibility index (Phi) is 4.25. The smallest absolute Gasteiger partial charge is 0.336 e. The van der Waals surface area contributed by atoms with Crippen LogP contribution >= 0.6 is 0 Å². The molecule has 1 aromatic carbocycles. The summed E-state index contributed by atoms with van der Waals surface area (Å²) in [5.74, 6) is 1.42. The van der Waals surface area contributed by atoms with Crippen molar-refractivity contribution in [1.29, 1.82) is 0 Å². The van der Waals surface area contributed by atoms with E-state index in [0.29, 0.717) is 17.4 Å². The van der Waals surface area contributed by atoms with Crippen molar-refractivity contribution in [2.75, 3.05) is 7.11 Å². The van der Waals surface area contributed by atoms with E-state index in [1.165, 1.54) is 5.57 Å². The number of allylic oxidation sites excluding steroid dienone is 1. The molecule has 19 heavy (non-hydrogen) atoms. The molecule has 1 fully saturated rings. The van der Waals surface area contributed by atoms with E-state index in [1.54, 1.807) is 19.3 Å². The largest absolute Gasteiger partial charge is 0.493 e. The summed E-state index contributed by atoms with van der Waals surface area (Å²) in [4.78, 5) is 11.9. The first-order valence-corrected chi connectivity index (χ1v) is 6.64. The monoisotopic (exact) mass is 260 g/mol. The van der Waals surface area contributed by atoms with Gasteiger partial charge in [0.05, 0.1) is 7.11 Å². The van der Waals surface area contributed by atoms with Gasteiger partial charge >= 0.3 is 5.97 Å². The molecule has 0 aliphatic heterocycles. The van der Waals surface area contributed by atoms with Crippen molar-refractivity contribution in [2.24, 2.45) is 5.92 Å². The van der Waals surface area contributed by atoms with Gasteiger partial charge < -0.3 is 9.47 Å². The Morgan fingerprint density at radius 3 is 2.79 bits per heavy atom. The third kappa shape index (κ3) is 3.60. The number of rotatable bonds is 3. The van der Waals surface area contributed by atoms with Crippen LogP contribution in [-0.4, -0.2) is 13.1 Å².